The zero-order chi connectivity index (χ0) is 16.2. The quantitative estimate of drug-likeness (QED) is 0.507. The van der Waals surface area contributed by atoms with Gasteiger partial charge in [-0.05, 0) is 41.2 Å². The summed E-state index contributed by atoms with van der Waals surface area (Å²) in [4.78, 5) is 0. The van der Waals surface area contributed by atoms with Crippen molar-refractivity contribution >= 4 is 5.90 Å². The second kappa shape index (κ2) is 6.86. The second-order valence-electron chi connectivity index (χ2n) is 5.87. The monoisotopic (exact) mass is 308 g/mol. The van der Waals surface area contributed by atoms with Gasteiger partial charge in [-0.15, -0.1) is 5.10 Å². The maximum absolute atomic E-state index is 5.90. The Labute approximate surface area is 138 Å². The smallest absolute Gasteiger partial charge is 0.202 e. The minimum Gasteiger partial charge on any atom is -0.479 e. The SMILES string of the molecule is CCN/N=C(/C)OCC1c2ccccc2-c2ccc(CC)cc21. The van der Waals surface area contributed by atoms with Crippen LogP contribution in [-0.4, -0.2) is 19.0 Å². The van der Waals surface area contributed by atoms with Gasteiger partial charge in [-0.3, -0.25) is 0 Å². The Hall–Kier alpha value is -2.29. The van der Waals surface area contributed by atoms with Crippen LogP contribution in [0.2, 0.25) is 0 Å². The van der Waals surface area contributed by atoms with Crippen LogP contribution in [0.15, 0.2) is 47.6 Å². The number of hydrogen-bond donors (Lipinski definition) is 1. The lowest BCUT2D eigenvalue weighted by Gasteiger charge is -2.15. The van der Waals surface area contributed by atoms with Crippen molar-refractivity contribution in [3.63, 3.8) is 0 Å². The molecule has 0 radical (unpaired) electrons. The van der Waals surface area contributed by atoms with E-state index < -0.39 is 0 Å². The van der Waals surface area contributed by atoms with E-state index in [1.54, 1.807) is 0 Å². The summed E-state index contributed by atoms with van der Waals surface area (Å²) >= 11 is 0. The van der Waals surface area contributed by atoms with E-state index in [1.807, 2.05) is 13.8 Å². The Morgan fingerprint density at radius 3 is 2.65 bits per heavy atom. The summed E-state index contributed by atoms with van der Waals surface area (Å²) in [5.74, 6) is 0.962. The number of nitrogens with one attached hydrogen (secondary N) is 1. The number of hydrogen-bond acceptors (Lipinski definition) is 3. The van der Waals surface area contributed by atoms with Crippen LogP contribution in [0.25, 0.3) is 11.1 Å². The van der Waals surface area contributed by atoms with Gasteiger partial charge in [0.1, 0.15) is 6.61 Å². The van der Waals surface area contributed by atoms with E-state index in [9.17, 15) is 0 Å². The molecule has 1 atom stereocenters. The fourth-order valence-corrected chi connectivity index (χ4v) is 3.19. The molecule has 0 saturated carbocycles. The van der Waals surface area contributed by atoms with Crippen LogP contribution >= 0.6 is 0 Å². The van der Waals surface area contributed by atoms with Crippen LogP contribution in [0.3, 0.4) is 0 Å². The molecule has 1 aliphatic carbocycles. The number of ether oxygens (including phenoxy) is 1. The molecule has 3 nitrogen and oxygen atoms in total. The molecule has 0 spiro atoms. The van der Waals surface area contributed by atoms with Gasteiger partial charge in [0.15, 0.2) is 0 Å². The lowest BCUT2D eigenvalue weighted by Crippen LogP contribution is -2.14. The van der Waals surface area contributed by atoms with Crippen LogP contribution in [0.1, 0.15) is 43.4 Å². The van der Waals surface area contributed by atoms with Gasteiger partial charge in [0.2, 0.25) is 5.90 Å². The van der Waals surface area contributed by atoms with Crippen LogP contribution in [0.4, 0.5) is 0 Å². The molecule has 0 bridgehead atoms. The topological polar surface area (TPSA) is 33.6 Å². The molecule has 3 heteroatoms. The van der Waals surface area contributed by atoms with Crippen LogP contribution in [0, 0.1) is 0 Å². The molecule has 0 aliphatic heterocycles. The zero-order valence-corrected chi connectivity index (χ0v) is 14.1. The predicted molar refractivity (Wildman–Crippen MR) is 95.8 cm³/mol. The molecule has 0 heterocycles. The van der Waals surface area contributed by atoms with Gasteiger partial charge in [-0.1, -0.05) is 49.4 Å². The van der Waals surface area contributed by atoms with Crippen LogP contribution in [0.5, 0.6) is 0 Å². The fraction of sp³-hybridized carbons (Fsp3) is 0.350. The third-order valence-electron chi connectivity index (χ3n) is 4.38. The minimum absolute atomic E-state index is 0.277. The van der Waals surface area contributed by atoms with Crippen molar-refractivity contribution in [1.82, 2.24) is 5.43 Å². The maximum Gasteiger partial charge on any atom is 0.202 e. The number of rotatable bonds is 5. The summed E-state index contributed by atoms with van der Waals surface area (Å²) < 4.78 is 5.90. The molecule has 1 N–H and O–H groups in total. The molecule has 0 amide bonds. The molecule has 1 unspecified atom stereocenters. The van der Waals surface area contributed by atoms with E-state index in [1.165, 1.54) is 27.8 Å². The van der Waals surface area contributed by atoms with Gasteiger partial charge in [0.05, 0.1) is 0 Å². The van der Waals surface area contributed by atoms with Crippen LogP contribution < -0.4 is 5.43 Å². The summed E-state index contributed by atoms with van der Waals surface area (Å²) in [7, 11) is 0. The van der Waals surface area contributed by atoms with E-state index in [2.05, 4.69) is 59.9 Å². The highest BCUT2D eigenvalue weighted by Crippen LogP contribution is 2.45. The summed E-state index contributed by atoms with van der Waals surface area (Å²) in [5, 5.41) is 4.19. The first kappa shape index (κ1) is 15.6. The van der Waals surface area contributed by atoms with Crippen molar-refractivity contribution in [2.45, 2.75) is 33.1 Å². The van der Waals surface area contributed by atoms with Crippen molar-refractivity contribution in [2.75, 3.05) is 13.2 Å². The largest absolute Gasteiger partial charge is 0.479 e. The number of benzene rings is 2. The van der Waals surface area contributed by atoms with Crippen molar-refractivity contribution in [1.29, 1.82) is 0 Å². The number of fused-ring (bicyclic) bond motifs is 3. The molecule has 2 aromatic carbocycles. The first-order valence-electron chi connectivity index (χ1n) is 8.36. The highest BCUT2D eigenvalue weighted by molar-refractivity contribution is 5.79. The lowest BCUT2D eigenvalue weighted by atomic mass is 9.96. The average molecular weight is 308 g/mol. The minimum atomic E-state index is 0.277. The normalized spacial score (nSPS) is 16.0. The molecule has 1 aliphatic rings. The molecule has 0 aromatic heterocycles. The zero-order valence-electron chi connectivity index (χ0n) is 14.1. The van der Waals surface area contributed by atoms with Gasteiger partial charge in [0, 0.05) is 19.4 Å². The Morgan fingerprint density at radius 2 is 1.87 bits per heavy atom. The average Bonchev–Trinajstić information content (AvgIpc) is 2.91. The highest BCUT2D eigenvalue weighted by atomic mass is 16.5. The van der Waals surface area contributed by atoms with E-state index in [4.69, 9.17) is 4.74 Å². The van der Waals surface area contributed by atoms with Gasteiger partial charge in [0.25, 0.3) is 0 Å². The van der Waals surface area contributed by atoms with E-state index in [0.29, 0.717) is 12.5 Å². The first-order chi connectivity index (χ1) is 11.2. The Morgan fingerprint density at radius 1 is 1.09 bits per heavy atom. The molecule has 120 valence electrons. The molecule has 23 heavy (non-hydrogen) atoms. The molecular weight excluding hydrogens is 284 g/mol. The van der Waals surface area contributed by atoms with Crippen molar-refractivity contribution < 1.29 is 4.74 Å². The van der Waals surface area contributed by atoms with Gasteiger partial charge < -0.3 is 10.2 Å². The van der Waals surface area contributed by atoms with Crippen molar-refractivity contribution in [3.8, 4) is 11.1 Å². The standard InChI is InChI=1S/C20H24N2O/c1-4-15-10-11-18-16-8-6-7-9-17(16)20(19(18)12-15)13-23-14(3)22-21-5-2/h6-12,20-21H,4-5,13H2,1-3H3/b22-14-. The molecular formula is C20H24N2O. The molecule has 3 rings (SSSR count). The predicted octanol–water partition coefficient (Wildman–Crippen LogP) is 4.32. The van der Waals surface area contributed by atoms with Crippen molar-refractivity contribution in [2.24, 2.45) is 5.10 Å². The molecule has 0 saturated heterocycles. The van der Waals surface area contributed by atoms with Gasteiger partial charge in [-0.2, -0.15) is 0 Å². The highest BCUT2D eigenvalue weighted by Gasteiger charge is 2.29. The van der Waals surface area contributed by atoms with Gasteiger partial charge >= 0.3 is 0 Å². The Kier molecular flexibility index (Phi) is 4.65. The Balaban J connectivity index is 1.90. The van der Waals surface area contributed by atoms with E-state index >= 15 is 0 Å². The maximum atomic E-state index is 5.90. The van der Waals surface area contributed by atoms with E-state index in [0.717, 1.165) is 13.0 Å². The third kappa shape index (κ3) is 3.09. The fourth-order valence-electron chi connectivity index (χ4n) is 3.19. The number of hydrazone groups is 1. The second-order valence-corrected chi connectivity index (χ2v) is 5.87. The molecule has 0 fully saturated rings. The Bertz CT molecular complexity index is 721. The van der Waals surface area contributed by atoms with Crippen molar-refractivity contribution in [3.05, 3.63) is 59.2 Å². The summed E-state index contributed by atoms with van der Waals surface area (Å²) in [6.45, 7) is 7.54. The number of aryl methyl sites for hydroxylation is 1. The summed E-state index contributed by atoms with van der Waals surface area (Å²) in [6.07, 6.45) is 1.05. The first-order valence-corrected chi connectivity index (χ1v) is 8.36. The summed E-state index contributed by atoms with van der Waals surface area (Å²) in [6, 6.07) is 15.5. The van der Waals surface area contributed by atoms with Crippen LogP contribution in [-0.2, 0) is 11.2 Å². The molecule has 2 aromatic rings. The van der Waals surface area contributed by atoms with E-state index in [-0.39, 0.29) is 5.92 Å². The third-order valence-corrected chi connectivity index (χ3v) is 4.38. The lowest BCUT2D eigenvalue weighted by molar-refractivity contribution is 0.287. The van der Waals surface area contributed by atoms with Gasteiger partial charge in [-0.25, -0.2) is 0 Å². The summed E-state index contributed by atoms with van der Waals surface area (Å²) in [5.41, 5.74) is 9.72. The number of nitrogens with zero attached hydrogens (tertiary/aromatic N) is 1.